The average molecular weight is 187 g/mol. The van der Waals surface area contributed by atoms with Gasteiger partial charge in [-0.15, -0.1) is 0 Å². The number of fused-ring (bicyclic) bond motifs is 3. The van der Waals surface area contributed by atoms with Crippen LogP contribution in [-0.4, -0.2) is 10.5 Å². The van der Waals surface area contributed by atoms with Gasteiger partial charge in [0.15, 0.2) is 5.76 Å². The zero-order valence-corrected chi connectivity index (χ0v) is 7.06. The first kappa shape index (κ1) is 7.32. The van der Waals surface area contributed by atoms with Crippen LogP contribution < -0.4 is 5.63 Å². The molecular weight excluding hydrogens is 182 g/mol. The molecule has 68 valence electrons. The van der Waals surface area contributed by atoms with Crippen LogP contribution in [0.25, 0.3) is 11.5 Å². The van der Waals surface area contributed by atoms with Gasteiger partial charge in [0.1, 0.15) is 0 Å². The standard InChI is InChI=1S/C10H5NO3/c12-8-4-3-6-9(14-8)7-2-1-5-11(7)10(6)13/h1-5H. The molecule has 4 nitrogen and oxygen atoms in total. The molecule has 0 radical (unpaired) electrons. The van der Waals surface area contributed by atoms with Gasteiger partial charge in [-0.2, -0.15) is 0 Å². The van der Waals surface area contributed by atoms with Crippen LogP contribution in [0.4, 0.5) is 0 Å². The second-order valence-electron chi connectivity index (χ2n) is 3.07. The Morgan fingerprint density at radius 1 is 1.14 bits per heavy atom. The highest BCUT2D eigenvalue weighted by Gasteiger charge is 2.27. The monoisotopic (exact) mass is 187 g/mol. The zero-order chi connectivity index (χ0) is 9.71. The fourth-order valence-electron chi connectivity index (χ4n) is 1.65. The first-order chi connectivity index (χ1) is 6.77. The van der Waals surface area contributed by atoms with Crippen molar-refractivity contribution in [2.24, 2.45) is 0 Å². The highest BCUT2D eigenvalue weighted by molar-refractivity contribution is 6.07. The number of carbonyl (C=O) groups excluding carboxylic acids is 1. The molecular formula is C10H5NO3. The maximum atomic E-state index is 11.7. The summed E-state index contributed by atoms with van der Waals surface area (Å²) in [5, 5.41) is 0. The van der Waals surface area contributed by atoms with Crippen LogP contribution in [0, 0.1) is 0 Å². The maximum Gasteiger partial charge on any atom is 0.336 e. The number of hydrogen-bond donors (Lipinski definition) is 0. The summed E-state index contributed by atoms with van der Waals surface area (Å²) in [6.45, 7) is 0. The van der Waals surface area contributed by atoms with Gasteiger partial charge in [-0.25, -0.2) is 4.79 Å². The van der Waals surface area contributed by atoms with Gasteiger partial charge in [-0.1, -0.05) is 0 Å². The summed E-state index contributed by atoms with van der Waals surface area (Å²) in [5.41, 5.74) is 0.647. The molecule has 0 N–H and O–H groups in total. The lowest BCUT2D eigenvalue weighted by Gasteiger charge is -1.91. The van der Waals surface area contributed by atoms with Crippen molar-refractivity contribution in [1.82, 2.24) is 4.57 Å². The van der Waals surface area contributed by atoms with Crippen LogP contribution >= 0.6 is 0 Å². The summed E-state index contributed by atoms with van der Waals surface area (Å²) in [4.78, 5) is 22.6. The van der Waals surface area contributed by atoms with Crippen molar-refractivity contribution in [3.63, 3.8) is 0 Å². The number of aromatic nitrogens is 1. The first-order valence-corrected chi connectivity index (χ1v) is 4.14. The van der Waals surface area contributed by atoms with Crippen molar-refractivity contribution in [1.29, 1.82) is 0 Å². The van der Waals surface area contributed by atoms with Gasteiger partial charge in [0.05, 0.1) is 11.3 Å². The second kappa shape index (κ2) is 2.23. The lowest BCUT2D eigenvalue weighted by Crippen LogP contribution is -2.05. The Morgan fingerprint density at radius 3 is 2.86 bits per heavy atom. The van der Waals surface area contributed by atoms with E-state index in [2.05, 4.69) is 0 Å². The fourth-order valence-corrected chi connectivity index (χ4v) is 1.65. The minimum absolute atomic E-state index is 0.149. The van der Waals surface area contributed by atoms with E-state index in [0.717, 1.165) is 0 Å². The van der Waals surface area contributed by atoms with Crippen LogP contribution in [-0.2, 0) is 0 Å². The smallest absolute Gasteiger partial charge is 0.336 e. The summed E-state index contributed by atoms with van der Waals surface area (Å²) in [6, 6.07) is 6.23. The highest BCUT2D eigenvalue weighted by atomic mass is 16.4. The van der Waals surface area contributed by atoms with Crippen molar-refractivity contribution in [2.75, 3.05) is 0 Å². The van der Waals surface area contributed by atoms with Crippen LogP contribution in [0.2, 0.25) is 0 Å². The molecule has 3 heterocycles. The molecule has 0 saturated heterocycles. The number of rotatable bonds is 0. The van der Waals surface area contributed by atoms with Crippen molar-refractivity contribution in [3.8, 4) is 11.5 Å². The molecule has 0 bridgehead atoms. The van der Waals surface area contributed by atoms with Gasteiger partial charge < -0.3 is 4.42 Å². The highest BCUT2D eigenvalue weighted by Crippen LogP contribution is 2.30. The summed E-state index contributed by atoms with van der Waals surface area (Å²) in [5.74, 6) is 0.219. The third-order valence-corrected chi connectivity index (χ3v) is 2.26. The van der Waals surface area contributed by atoms with E-state index in [-0.39, 0.29) is 5.91 Å². The van der Waals surface area contributed by atoms with Gasteiger partial charge in [0.2, 0.25) is 0 Å². The molecule has 14 heavy (non-hydrogen) atoms. The van der Waals surface area contributed by atoms with E-state index in [9.17, 15) is 9.59 Å². The molecule has 1 aliphatic rings. The van der Waals surface area contributed by atoms with Crippen molar-refractivity contribution >= 4 is 5.91 Å². The number of hydrogen-bond acceptors (Lipinski definition) is 3. The van der Waals surface area contributed by atoms with E-state index in [1.165, 1.54) is 16.7 Å². The summed E-state index contributed by atoms with van der Waals surface area (Å²) in [6.07, 6.45) is 1.65. The molecule has 2 aromatic heterocycles. The van der Waals surface area contributed by atoms with Crippen LogP contribution in [0.3, 0.4) is 0 Å². The van der Waals surface area contributed by atoms with Gasteiger partial charge in [-0.3, -0.25) is 9.36 Å². The van der Waals surface area contributed by atoms with Gasteiger partial charge >= 0.3 is 5.63 Å². The van der Waals surface area contributed by atoms with E-state index >= 15 is 0 Å². The minimum Gasteiger partial charge on any atom is -0.420 e. The van der Waals surface area contributed by atoms with Crippen LogP contribution in [0.15, 0.2) is 39.7 Å². The average Bonchev–Trinajstić information content (AvgIpc) is 2.71. The Bertz CT molecular complexity index is 591. The largest absolute Gasteiger partial charge is 0.420 e. The Hall–Kier alpha value is -2.10. The van der Waals surface area contributed by atoms with Crippen molar-refractivity contribution < 1.29 is 9.21 Å². The summed E-state index contributed by atoms with van der Waals surface area (Å²) in [7, 11) is 0. The Balaban J connectivity index is 2.46. The minimum atomic E-state index is -0.439. The number of carbonyl (C=O) groups is 1. The van der Waals surface area contributed by atoms with E-state index in [1.54, 1.807) is 18.3 Å². The van der Waals surface area contributed by atoms with Gasteiger partial charge in [0.25, 0.3) is 5.91 Å². The molecule has 0 spiro atoms. The fraction of sp³-hybridized carbons (Fsp3) is 0. The summed E-state index contributed by atoms with van der Waals surface area (Å²) < 4.78 is 6.44. The molecule has 0 saturated carbocycles. The molecule has 1 aliphatic heterocycles. The normalized spacial score (nSPS) is 12.7. The summed E-state index contributed by atoms with van der Waals surface area (Å²) >= 11 is 0. The SMILES string of the molecule is O=C1c2ccc(=O)oc2-c2cccn21. The van der Waals surface area contributed by atoms with E-state index in [4.69, 9.17) is 4.42 Å². The second-order valence-corrected chi connectivity index (χ2v) is 3.07. The molecule has 0 aliphatic carbocycles. The third-order valence-electron chi connectivity index (χ3n) is 2.26. The van der Waals surface area contributed by atoms with E-state index in [1.807, 2.05) is 0 Å². The van der Waals surface area contributed by atoms with Gasteiger partial charge in [0, 0.05) is 12.3 Å². The molecule has 0 atom stereocenters. The number of nitrogens with zero attached hydrogens (tertiary/aromatic N) is 1. The Kier molecular flexibility index (Phi) is 1.16. The lowest BCUT2D eigenvalue weighted by molar-refractivity contribution is 0.0969. The quantitative estimate of drug-likeness (QED) is 0.529. The first-order valence-electron chi connectivity index (χ1n) is 4.14. The van der Waals surface area contributed by atoms with Crippen molar-refractivity contribution in [2.45, 2.75) is 0 Å². The van der Waals surface area contributed by atoms with Gasteiger partial charge in [-0.05, 0) is 18.2 Å². The Morgan fingerprint density at radius 2 is 2.00 bits per heavy atom. The molecule has 3 rings (SSSR count). The lowest BCUT2D eigenvalue weighted by atomic mass is 10.2. The molecule has 0 amide bonds. The van der Waals surface area contributed by atoms with Crippen LogP contribution in [0.1, 0.15) is 10.4 Å². The van der Waals surface area contributed by atoms with Crippen LogP contribution in [0.5, 0.6) is 0 Å². The molecule has 0 unspecified atom stereocenters. The van der Waals surface area contributed by atoms with E-state index in [0.29, 0.717) is 17.0 Å². The molecule has 4 heteroatoms. The third kappa shape index (κ3) is 0.724. The molecule has 0 aromatic carbocycles. The Labute approximate surface area is 78.4 Å². The maximum absolute atomic E-state index is 11.7. The van der Waals surface area contributed by atoms with E-state index < -0.39 is 5.63 Å². The predicted molar refractivity (Wildman–Crippen MR) is 48.1 cm³/mol. The molecule has 0 fully saturated rings. The molecule has 2 aromatic rings. The van der Waals surface area contributed by atoms with Crippen molar-refractivity contribution in [3.05, 3.63) is 46.4 Å². The topological polar surface area (TPSA) is 52.2 Å². The zero-order valence-electron chi connectivity index (χ0n) is 7.06. The predicted octanol–water partition coefficient (Wildman–Crippen LogP) is 1.11.